The Balaban J connectivity index is 1.71. The van der Waals surface area contributed by atoms with Crippen molar-refractivity contribution in [1.29, 1.82) is 0 Å². The van der Waals surface area contributed by atoms with Crippen molar-refractivity contribution in [3.63, 3.8) is 0 Å². The number of hydrogen-bond acceptors (Lipinski definition) is 6. The van der Waals surface area contributed by atoms with E-state index in [2.05, 4.69) is 0 Å². The van der Waals surface area contributed by atoms with Crippen LogP contribution in [0, 0.1) is 0 Å². The van der Waals surface area contributed by atoms with E-state index in [9.17, 15) is 25.9 Å². The Hall–Kier alpha value is -4.48. The lowest BCUT2D eigenvalue weighted by atomic mass is 9.98. The molecule has 5 rings (SSSR count). The van der Waals surface area contributed by atoms with Gasteiger partial charge in [0.2, 0.25) is 0 Å². The molecule has 0 aliphatic heterocycles. The average molecular weight is 575 g/mol. The van der Waals surface area contributed by atoms with Crippen LogP contribution in [0.4, 0.5) is 0 Å². The molecule has 0 aliphatic carbocycles. The van der Waals surface area contributed by atoms with E-state index in [-0.39, 0.29) is 16.9 Å². The Kier molecular flexibility index (Phi) is 7.42. The fraction of sp³-hybridized carbons (Fsp3) is 0. The molecule has 0 fully saturated rings. The summed E-state index contributed by atoms with van der Waals surface area (Å²) in [6, 6.07) is 32.5. The second-order valence-electron chi connectivity index (χ2n) is 8.65. The minimum absolute atomic E-state index is 0.00204. The van der Waals surface area contributed by atoms with E-state index in [1.165, 1.54) is 24.3 Å². The molecule has 0 atom stereocenters. The first-order chi connectivity index (χ1) is 19.1. The van der Waals surface area contributed by atoms with Crippen LogP contribution in [0.1, 0.15) is 0 Å². The Morgan fingerprint density at radius 3 is 1.45 bits per heavy atom. The minimum Gasteiger partial charge on any atom is -0.457 e. The summed E-state index contributed by atoms with van der Waals surface area (Å²) >= 11 is 0. The summed E-state index contributed by atoms with van der Waals surface area (Å²) in [5.74, 6) is 1.69. The lowest BCUT2D eigenvalue weighted by Crippen LogP contribution is -2.09. The fourth-order valence-corrected chi connectivity index (χ4v) is 5.97. The van der Waals surface area contributed by atoms with Crippen molar-refractivity contribution >= 4 is 20.2 Å². The van der Waals surface area contributed by atoms with Crippen LogP contribution in [0.2, 0.25) is 0 Å². The third-order valence-electron chi connectivity index (χ3n) is 5.88. The summed E-state index contributed by atoms with van der Waals surface area (Å²) in [5, 5.41) is 0. The first-order valence-corrected chi connectivity index (χ1v) is 14.8. The third kappa shape index (κ3) is 6.05. The van der Waals surface area contributed by atoms with Gasteiger partial charge in [-0.3, -0.25) is 9.11 Å². The largest absolute Gasteiger partial charge is 0.457 e. The molecule has 0 unspecified atom stereocenters. The molecule has 8 nitrogen and oxygen atoms in total. The number of ether oxygens (including phenoxy) is 2. The second kappa shape index (κ2) is 10.9. The molecule has 0 aliphatic rings. The van der Waals surface area contributed by atoms with Gasteiger partial charge in [-0.2, -0.15) is 16.8 Å². The van der Waals surface area contributed by atoms with Crippen LogP contribution in [0.5, 0.6) is 23.0 Å². The SMILES string of the molecule is O=S(=O)(O)c1ccc(-c2cccc(Oc3ccccc3)c2)c(S(=O)(=O)O)c1-c1cccc(Oc2ccccc2)c1. The van der Waals surface area contributed by atoms with Gasteiger partial charge in [-0.15, -0.1) is 0 Å². The first-order valence-electron chi connectivity index (χ1n) is 11.9. The highest BCUT2D eigenvalue weighted by Gasteiger charge is 2.30. The van der Waals surface area contributed by atoms with Crippen LogP contribution >= 0.6 is 0 Å². The van der Waals surface area contributed by atoms with Crippen LogP contribution in [0.25, 0.3) is 22.3 Å². The van der Waals surface area contributed by atoms with Gasteiger partial charge in [-0.25, -0.2) is 0 Å². The Labute approximate surface area is 231 Å². The summed E-state index contributed by atoms with van der Waals surface area (Å²) in [7, 11) is -9.97. The van der Waals surface area contributed by atoms with Gasteiger partial charge in [0, 0.05) is 11.1 Å². The number of benzene rings is 5. The lowest BCUT2D eigenvalue weighted by molar-refractivity contribution is 0.479. The molecule has 5 aromatic carbocycles. The molecule has 0 heterocycles. The van der Waals surface area contributed by atoms with E-state index in [0.29, 0.717) is 22.8 Å². The standard InChI is InChI=1S/C30H22O8S2/c31-39(32,33)28-18-17-27(21-9-7-15-25(19-21)37-23-11-3-1-4-12-23)30(40(34,35)36)29(28)22-10-8-16-26(20-22)38-24-13-5-2-6-14-24/h1-20H,(H,31,32,33)(H,34,35,36). The monoisotopic (exact) mass is 574 g/mol. The van der Waals surface area contributed by atoms with Gasteiger partial charge in [-0.1, -0.05) is 66.7 Å². The summed E-state index contributed by atoms with van der Waals surface area (Å²) in [5.41, 5.74) is -0.0127. The van der Waals surface area contributed by atoms with Crippen molar-refractivity contribution in [3.05, 3.63) is 121 Å². The van der Waals surface area contributed by atoms with Crippen molar-refractivity contribution in [1.82, 2.24) is 0 Å². The van der Waals surface area contributed by atoms with Crippen LogP contribution in [0.3, 0.4) is 0 Å². The van der Waals surface area contributed by atoms with Crippen LogP contribution in [-0.4, -0.2) is 25.9 Å². The number of hydrogen-bond donors (Lipinski definition) is 2. The zero-order valence-electron chi connectivity index (χ0n) is 20.7. The molecule has 202 valence electrons. The molecule has 5 aromatic rings. The second-order valence-corrected chi connectivity index (χ2v) is 11.4. The van der Waals surface area contributed by atoms with Gasteiger partial charge in [0.05, 0.1) is 0 Å². The zero-order valence-corrected chi connectivity index (χ0v) is 22.3. The molecule has 0 saturated heterocycles. The highest BCUT2D eigenvalue weighted by Crippen LogP contribution is 2.42. The molecule has 40 heavy (non-hydrogen) atoms. The number of rotatable bonds is 8. The first kappa shape index (κ1) is 27.1. The van der Waals surface area contributed by atoms with Crippen molar-refractivity contribution in [2.75, 3.05) is 0 Å². The zero-order chi connectivity index (χ0) is 28.3. The quantitative estimate of drug-likeness (QED) is 0.188. The summed E-state index contributed by atoms with van der Waals surface area (Å²) in [4.78, 5) is -1.39. The molecular formula is C30H22O8S2. The molecular weight excluding hydrogens is 552 g/mol. The highest BCUT2D eigenvalue weighted by atomic mass is 32.2. The van der Waals surface area contributed by atoms with E-state index in [4.69, 9.17) is 9.47 Å². The maximum absolute atomic E-state index is 12.9. The molecule has 0 bridgehead atoms. The highest BCUT2D eigenvalue weighted by molar-refractivity contribution is 7.87. The molecule has 0 amide bonds. The number of para-hydroxylation sites is 2. The van der Waals surface area contributed by atoms with Gasteiger partial charge < -0.3 is 9.47 Å². The summed E-state index contributed by atoms with van der Waals surface area (Å²) in [6.07, 6.45) is 0. The van der Waals surface area contributed by atoms with E-state index in [1.807, 2.05) is 12.1 Å². The maximum atomic E-state index is 12.9. The van der Waals surface area contributed by atoms with Gasteiger partial charge in [0.15, 0.2) is 0 Å². The van der Waals surface area contributed by atoms with E-state index < -0.39 is 35.6 Å². The average Bonchev–Trinajstić information content (AvgIpc) is 2.93. The van der Waals surface area contributed by atoms with Gasteiger partial charge >= 0.3 is 0 Å². The predicted octanol–water partition coefficient (Wildman–Crippen LogP) is 7.10. The lowest BCUT2D eigenvalue weighted by Gasteiger charge is -2.17. The van der Waals surface area contributed by atoms with E-state index in [0.717, 1.165) is 6.07 Å². The van der Waals surface area contributed by atoms with Gasteiger partial charge in [0.25, 0.3) is 20.2 Å². The summed E-state index contributed by atoms with van der Waals surface area (Å²) in [6.45, 7) is 0. The molecule has 0 aromatic heterocycles. The van der Waals surface area contributed by atoms with Crippen LogP contribution < -0.4 is 9.47 Å². The van der Waals surface area contributed by atoms with Crippen LogP contribution in [-0.2, 0) is 20.2 Å². The van der Waals surface area contributed by atoms with Crippen molar-refractivity contribution in [2.45, 2.75) is 9.79 Å². The topological polar surface area (TPSA) is 127 Å². The van der Waals surface area contributed by atoms with Crippen LogP contribution in [0.15, 0.2) is 131 Å². The molecule has 0 radical (unpaired) electrons. The third-order valence-corrected chi connectivity index (χ3v) is 7.72. The Bertz CT molecular complexity index is 1890. The minimum atomic E-state index is -5.04. The molecule has 0 spiro atoms. The van der Waals surface area contributed by atoms with Crippen molar-refractivity contribution in [2.24, 2.45) is 0 Å². The molecule has 10 heteroatoms. The van der Waals surface area contributed by atoms with Crippen molar-refractivity contribution < 1.29 is 35.4 Å². The normalized spacial score (nSPS) is 11.7. The summed E-state index contributed by atoms with van der Waals surface area (Å²) < 4.78 is 82.7. The Morgan fingerprint density at radius 1 is 0.475 bits per heavy atom. The van der Waals surface area contributed by atoms with Crippen molar-refractivity contribution in [3.8, 4) is 45.3 Å². The molecule has 2 N–H and O–H groups in total. The van der Waals surface area contributed by atoms with E-state index >= 15 is 0 Å². The molecule has 0 saturated carbocycles. The Morgan fingerprint density at radius 2 is 0.950 bits per heavy atom. The van der Waals surface area contributed by atoms with E-state index in [1.54, 1.807) is 78.9 Å². The van der Waals surface area contributed by atoms with Gasteiger partial charge in [-0.05, 0) is 65.7 Å². The predicted molar refractivity (Wildman–Crippen MR) is 150 cm³/mol. The van der Waals surface area contributed by atoms with Gasteiger partial charge in [0.1, 0.15) is 32.8 Å². The maximum Gasteiger partial charge on any atom is 0.295 e. The fourth-order valence-electron chi connectivity index (χ4n) is 4.24. The smallest absolute Gasteiger partial charge is 0.295 e.